The van der Waals surface area contributed by atoms with E-state index in [4.69, 9.17) is 0 Å². The quantitative estimate of drug-likeness (QED) is 0.840. The van der Waals surface area contributed by atoms with Crippen LogP contribution in [0.4, 0.5) is 5.69 Å². The van der Waals surface area contributed by atoms with Gasteiger partial charge in [-0.3, -0.25) is 14.3 Å². The summed E-state index contributed by atoms with van der Waals surface area (Å²) < 4.78 is 1.96. The third-order valence-corrected chi connectivity index (χ3v) is 4.44. The van der Waals surface area contributed by atoms with Crippen LogP contribution in [0.3, 0.4) is 0 Å². The summed E-state index contributed by atoms with van der Waals surface area (Å²) in [6, 6.07) is 8.92. The van der Waals surface area contributed by atoms with Crippen molar-refractivity contribution in [3.8, 4) is 0 Å². The Bertz CT molecular complexity index is 857. The Labute approximate surface area is 160 Å². The van der Waals surface area contributed by atoms with E-state index < -0.39 is 0 Å². The van der Waals surface area contributed by atoms with Gasteiger partial charge in [-0.05, 0) is 65.7 Å². The van der Waals surface area contributed by atoms with Crippen LogP contribution in [0.25, 0.3) is 0 Å². The monoisotopic (exact) mass is 368 g/mol. The highest BCUT2D eigenvalue weighted by atomic mass is 16.2. The van der Waals surface area contributed by atoms with Gasteiger partial charge in [-0.2, -0.15) is 5.10 Å². The number of aromatic nitrogens is 2. The van der Waals surface area contributed by atoms with E-state index in [9.17, 15) is 9.59 Å². The smallest absolute Gasteiger partial charge is 0.276 e. The molecule has 27 heavy (non-hydrogen) atoms. The van der Waals surface area contributed by atoms with Crippen molar-refractivity contribution in [1.82, 2.24) is 15.1 Å². The van der Waals surface area contributed by atoms with Crippen molar-refractivity contribution >= 4 is 17.5 Å². The minimum absolute atomic E-state index is 0.0184. The topological polar surface area (TPSA) is 76.0 Å². The summed E-state index contributed by atoms with van der Waals surface area (Å²) in [6.45, 7) is 10.0. The first kappa shape index (κ1) is 19.1. The summed E-state index contributed by atoms with van der Waals surface area (Å²) in [7, 11) is 0. The maximum absolute atomic E-state index is 12.8. The van der Waals surface area contributed by atoms with Gasteiger partial charge in [0, 0.05) is 17.7 Å². The van der Waals surface area contributed by atoms with Crippen molar-refractivity contribution < 1.29 is 9.59 Å². The summed E-state index contributed by atoms with van der Waals surface area (Å²) in [4.78, 5) is 25.2. The van der Waals surface area contributed by atoms with Crippen LogP contribution in [0.15, 0.2) is 30.3 Å². The Kier molecular flexibility index (Phi) is 5.09. The molecule has 1 aliphatic carbocycles. The molecule has 0 aliphatic heterocycles. The molecule has 1 aliphatic rings. The molecule has 0 saturated heterocycles. The Morgan fingerprint density at radius 1 is 1.15 bits per heavy atom. The number of rotatable bonds is 5. The van der Waals surface area contributed by atoms with Gasteiger partial charge in [0.05, 0.1) is 16.8 Å². The Hall–Kier alpha value is -2.63. The molecule has 6 heteroatoms. The van der Waals surface area contributed by atoms with E-state index in [1.165, 1.54) is 0 Å². The molecule has 1 fully saturated rings. The van der Waals surface area contributed by atoms with Gasteiger partial charge >= 0.3 is 0 Å². The summed E-state index contributed by atoms with van der Waals surface area (Å²) in [5, 5.41) is 10.3. The van der Waals surface area contributed by atoms with Gasteiger partial charge < -0.3 is 10.6 Å². The molecule has 1 aromatic heterocycles. The molecular formula is C21H28N4O2. The zero-order valence-corrected chi connectivity index (χ0v) is 16.7. The second-order valence-corrected chi connectivity index (χ2v) is 8.44. The van der Waals surface area contributed by atoms with E-state index in [1.54, 1.807) is 24.3 Å². The molecule has 2 amide bonds. The third-order valence-electron chi connectivity index (χ3n) is 4.44. The first-order chi connectivity index (χ1) is 12.7. The lowest BCUT2D eigenvalue weighted by Gasteiger charge is -2.22. The lowest BCUT2D eigenvalue weighted by molar-refractivity contribution is 0.0944. The van der Waals surface area contributed by atoms with Crippen molar-refractivity contribution in [1.29, 1.82) is 0 Å². The van der Waals surface area contributed by atoms with Crippen molar-refractivity contribution in [2.24, 2.45) is 0 Å². The van der Waals surface area contributed by atoms with Gasteiger partial charge in [0.1, 0.15) is 0 Å². The number of hydrogen-bond acceptors (Lipinski definition) is 3. The molecule has 6 nitrogen and oxygen atoms in total. The molecule has 1 heterocycles. The molecule has 0 radical (unpaired) electrons. The van der Waals surface area contributed by atoms with Gasteiger partial charge in [-0.25, -0.2) is 0 Å². The largest absolute Gasteiger partial charge is 0.350 e. The Morgan fingerprint density at radius 2 is 1.81 bits per heavy atom. The van der Waals surface area contributed by atoms with Crippen LogP contribution in [0.1, 0.15) is 79.9 Å². The van der Waals surface area contributed by atoms with Crippen molar-refractivity contribution in [3.05, 3.63) is 47.3 Å². The van der Waals surface area contributed by atoms with Gasteiger partial charge in [0.25, 0.3) is 11.8 Å². The fourth-order valence-corrected chi connectivity index (χ4v) is 3.03. The summed E-state index contributed by atoms with van der Waals surface area (Å²) in [6.07, 6.45) is 2.28. The number of carbonyl (C=O) groups excluding carboxylic acids is 2. The zero-order chi connectivity index (χ0) is 19.8. The number of para-hydroxylation sites is 1. The first-order valence-electron chi connectivity index (χ1n) is 9.48. The van der Waals surface area contributed by atoms with Crippen molar-refractivity contribution in [3.63, 3.8) is 0 Å². The molecule has 0 atom stereocenters. The minimum Gasteiger partial charge on any atom is -0.350 e. The fraction of sp³-hybridized carbons (Fsp3) is 0.476. The highest BCUT2D eigenvalue weighted by Gasteiger charge is 2.32. The number of anilines is 1. The van der Waals surface area contributed by atoms with E-state index in [-0.39, 0.29) is 23.4 Å². The molecule has 3 rings (SSSR count). The van der Waals surface area contributed by atoms with Gasteiger partial charge in [0.2, 0.25) is 0 Å². The average Bonchev–Trinajstić information content (AvgIpc) is 3.31. The van der Waals surface area contributed by atoms with Crippen LogP contribution in [-0.2, 0) is 5.54 Å². The predicted molar refractivity (Wildman–Crippen MR) is 106 cm³/mol. The van der Waals surface area contributed by atoms with Crippen LogP contribution in [0.5, 0.6) is 0 Å². The number of nitrogens with zero attached hydrogens (tertiary/aromatic N) is 2. The molecule has 144 valence electrons. The molecule has 1 aromatic carbocycles. The molecule has 2 aromatic rings. The van der Waals surface area contributed by atoms with Crippen LogP contribution in [-0.4, -0.2) is 27.6 Å². The Balaban J connectivity index is 1.86. The van der Waals surface area contributed by atoms with E-state index in [0.29, 0.717) is 22.9 Å². The van der Waals surface area contributed by atoms with Gasteiger partial charge in [-0.1, -0.05) is 12.1 Å². The van der Waals surface area contributed by atoms with Crippen molar-refractivity contribution in [2.45, 2.75) is 65.0 Å². The highest BCUT2D eigenvalue weighted by molar-refractivity contribution is 6.08. The molecule has 1 saturated carbocycles. The van der Waals surface area contributed by atoms with E-state index in [1.807, 2.05) is 24.6 Å². The van der Waals surface area contributed by atoms with E-state index in [0.717, 1.165) is 18.5 Å². The second-order valence-electron chi connectivity index (χ2n) is 8.44. The lowest BCUT2D eigenvalue weighted by Crippen LogP contribution is -2.31. The molecule has 0 spiro atoms. The highest BCUT2D eigenvalue weighted by Crippen LogP contribution is 2.41. The molecule has 0 bridgehead atoms. The molecular weight excluding hydrogens is 340 g/mol. The Morgan fingerprint density at radius 3 is 2.41 bits per heavy atom. The predicted octanol–water partition coefficient (Wildman–Crippen LogP) is 3.91. The number of benzene rings is 1. The van der Waals surface area contributed by atoms with Crippen LogP contribution in [0, 0.1) is 0 Å². The number of carbonyl (C=O) groups is 2. The lowest BCUT2D eigenvalue weighted by atomic mass is 10.1. The summed E-state index contributed by atoms with van der Waals surface area (Å²) >= 11 is 0. The molecule has 0 unspecified atom stereocenters. The van der Waals surface area contributed by atoms with Crippen molar-refractivity contribution in [2.75, 3.05) is 5.32 Å². The average molecular weight is 368 g/mol. The van der Waals surface area contributed by atoms with Crippen LogP contribution in [0.2, 0.25) is 0 Å². The zero-order valence-electron chi connectivity index (χ0n) is 16.7. The number of nitrogens with one attached hydrogen (secondary N) is 2. The van der Waals surface area contributed by atoms with Crippen LogP contribution < -0.4 is 10.6 Å². The first-order valence-corrected chi connectivity index (χ1v) is 9.48. The summed E-state index contributed by atoms with van der Waals surface area (Å²) in [5.74, 6) is -0.0214. The minimum atomic E-state index is -0.301. The van der Waals surface area contributed by atoms with E-state index in [2.05, 4.69) is 36.5 Å². The number of amides is 2. The van der Waals surface area contributed by atoms with Gasteiger partial charge in [-0.15, -0.1) is 0 Å². The maximum atomic E-state index is 12.8. The standard InChI is InChI=1S/C21H28N4O2/c1-13(2)22-19(26)15-8-6-7-9-16(15)23-20(27)17-12-18(14-10-11-14)25(24-17)21(3,4)5/h6-9,12-14H,10-11H2,1-5H3,(H,22,26)(H,23,27). The van der Waals surface area contributed by atoms with E-state index >= 15 is 0 Å². The summed E-state index contributed by atoms with van der Waals surface area (Å²) in [5.41, 5.74) is 2.23. The third kappa shape index (κ3) is 4.38. The fourth-order valence-electron chi connectivity index (χ4n) is 3.03. The van der Waals surface area contributed by atoms with Crippen LogP contribution >= 0.6 is 0 Å². The maximum Gasteiger partial charge on any atom is 0.276 e. The SMILES string of the molecule is CC(C)NC(=O)c1ccccc1NC(=O)c1cc(C2CC2)n(C(C)(C)C)n1. The second kappa shape index (κ2) is 7.18. The van der Waals surface area contributed by atoms with Gasteiger partial charge in [0.15, 0.2) is 5.69 Å². The number of hydrogen-bond donors (Lipinski definition) is 2. The molecule has 2 N–H and O–H groups in total. The normalized spacial score (nSPS) is 14.3.